The van der Waals surface area contributed by atoms with E-state index >= 15 is 4.39 Å². The first-order chi connectivity index (χ1) is 22.4. The maximum Gasteiger partial charge on any atom is 0.319 e. The van der Waals surface area contributed by atoms with E-state index in [0.717, 1.165) is 51.7 Å². The Balaban J connectivity index is 1.24. The summed E-state index contributed by atoms with van der Waals surface area (Å²) in [6.07, 6.45) is 12.3. The highest BCUT2D eigenvalue weighted by molar-refractivity contribution is 6.02. The van der Waals surface area contributed by atoms with E-state index in [2.05, 4.69) is 37.6 Å². The minimum absolute atomic E-state index is 0.0474. The van der Waals surface area contributed by atoms with E-state index in [1.807, 2.05) is 6.07 Å². The lowest BCUT2D eigenvalue weighted by Gasteiger charge is -2.35. The summed E-state index contributed by atoms with van der Waals surface area (Å²) in [5, 5.41) is 5.30. The minimum Gasteiger partial charge on any atom is -0.461 e. The molecule has 6 heterocycles. The van der Waals surface area contributed by atoms with Gasteiger partial charge in [-0.2, -0.15) is 9.97 Å². The predicted octanol–water partition coefficient (Wildman–Crippen LogP) is 5.23. The highest BCUT2D eigenvalue weighted by Crippen LogP contribution is 2.45. The Bertz CT molecular complexity index is 1910. The third kappa shape index (κ3) is 4.72. The molecule has 1 N–H and O–H groups in total. The van der Waals surface area contributed by atoms with Crippen LogP contribution in [-0.2, 0) is 4.74 Å². The summed E-state index contributed by atoms with van der Waals surface area (Å²) in [4.78, 5) is 18.8. The lowest BCUT2D eigenvalue weighted by molar-refractivity contribution is 0.0522. The van der Waals surface area contributed by atoms with Crippen molar-refractivity contribution in [3.8, 4) is 29.6 Å². The molecule has 4 aliphatic heterocycles. The number of halogens is 2. The van der Waals surface area contributed by atoms with Crippen LogP contribution in [0.25, 0.3) is 32.9 Å². The van der Waals surface area contributed by atoms with Crippen molar-refractivity contribution in [2.24, 2.45) is 0 Å². The Morgan fingerprint density at radius 3 is 2.74 bits per heavy atom. The van der Waals surface area contributed by atoms with Gasteiger partial charge in [-0.05, 0) is 43.6 Å². The third-order valence-electron chi connectivity index (χ3n) is 10.3. The maximum absolute atomic E-state index is 16.8. The molecule has 2 aromatic carbocycles. The van der Waals surface area contributed by atoms with Crippen molar-refractivity contribution in [2.45, 2.75) is 55.8 Å². The topological polar surface area (TPSA) is 75.6 Å². The second-order valence-electron chi connectivity index (χ2n) is 13.2. The molecule has 4 aromatic rings. The summed E-state index contributed by atoms with van der Waals surface area (Å²) in [5.74, 6) is 1.90. The van der Waals surface area contributed by atoms with Crippen LogP contribution in [0.2, 0.25) is 0 Å². The summed E-state index contributed by atoms with van der Waals surface area (Å²) in [6, 6.07) is 9.39. The number of hydrogen-bond acceptors (Lipinski definition) is 8. The Kier molecular flexibility index (Phi) is 7.16. The van der Waals surface area contributed by atoms with Crippen molar-refractivity contribution in [3.05, 3.63) is 65.9 Å². The summed E-state index contributed by atoms with van der Waals surface area (Å²) >= 11 is 0. The number of terminal acetylenes is 1. The van der Waals surface area contributed by atoms with Crippen LogP contribution in [0.1, 0.15) is 37.7 Å². The van der Waals surface area contributed by atoms with E-state index in [1.165, 1.54) is 11.6 Å². The quantitative estimate of drug-likeness (QED) is 0.222. The standard InChI is InChI=1S/C36H36F2N6O2/c1-4-26-29(37)11-8-22-6-5-7-27(30(22)26)32-31(38)33-28(15-39-32)34(43-17-23-9-10-24(18-43)40-23)42-35(41-33)46-20-36-13-12-25(19-45-3)44(36)16-21(2)14-36/h1,5-8,11,15,23-25,40H,2,9-10,12-14,16-20H2,3H3/t23?,24?,25-,36+/m0/s1. The second-order valence-corrected chi connectivity index (χ2v) is 13.2. The first kappa shape index (κ1) is 29.2. The number of aromatic nitrogens is 3. The van der Waals surface area contributed by atoms with Crippen molar-refractivity contribution < 1.29 is 18.3 Å². The maximum atomic E-state index is 16.8. The van der Waals surface area contributed by atoms with Gasteiger partial charge in [-0.15, -0.1) is 6.42 Å². The van der Waals surface area contributed by atoms with Gasteiger partial charge in [0.1, 0.15) is 29.5 Å². The molecule has 236 valence electrons. The number of ether oxygens (including phenoxy) is 2. The molecule has 8 nitrogen and oxygen atoms in total. The van der Waals surface area contributed by atoms with Crippen LogP contribution in [-0.4, -0.2) is 83.5 Å². The van der Waals surface area contributed by atoms with Gasteiger partial charge in [-0.1, -0.05) is 42.3 Å². The summed E-state index contributed by atoms with van der Waals surface area (Å²) in [5.41, 5.74) is 1.57. The van der Waals surface area contributed by atoms with Crippen molar-refractivity contribution in [1.29, 1.82) is 0 Å². The lowest BCUT2D eigenvalue weighted by Crippen LogP contribution is -2.51. The largest absolute Gasteiger partial charge is 0.461 e. The van der Waals surface area contributed by atoms with Crippen molar-refractivity contribution in [1.82, 2.24) is 25.2 Å². The molecule has 0 amide bonds. The number of piperazine rings is 1. The fourth-order valence-corrected chi connectivity index (χ4v) is 8.32. The van der Waals surface area contributed by atoms with Gasteiger partial charge >= 0.3 is 6.01 Å². The molecule has 0 saturated carbocycles. The first-order valence-electron chi connectivity index (χ1n) is 16.0. The fraction of sp³-hybridized carbons (Fsp3) is 0.417. The molecular weight excluding hydrogens is 586 g/mol. The van der Waals surface area contributed by atoms with Gasteiger partial charge in [-0.3, -0.25) is 9.88 Å². The van der Waals surface area contributed by atoms with Crippen molar-refractivity contribution in [2.75, 3.05) is 44.9 Å². The number of rotatable bonds is 7. The molecule has 2 unspecified atom stereocenters. The van der Waals surface area contributed by atoms with E-state index in [-0.39, 0.29) is 28.3 Å². The summed E-state index contributed by atoms with van der Waals surface area (Å²) in [7, 11) is 1.73. The fourth-order valence-electron chi connectivity index (χ4n) is 8.32. The zero-order chi connectivity index (χ0) is 31.6. The van der Waals surface area contributed by atoms with Gasteiger partial charge in [0, 0.05) is 62.0 Å². The predicted molar refractivity (Wildman–Crippen MR) is 174 cm³/mol. The average Bonchev–Trinajstić information content (AvgIpc) is 3.69. The van der Waals surface area contributed by atoms with Gasteiger partial charge in [0.2, 0.25) is 0 Å². The SMILES string of the molecule is C#Cc1c(F)ccc2cccc(-c3ncc4c(N5CC6CCC(C5)N6)nc(OC[C@]56CC[C@@H](COC)N5CC(=C)C6)nc4c3F)c12. The molecule has 0 aliphatic carbocycles. The van der Waals surface area contributed by atoms with Gasteiger partial charge in [-0.25, -0.2) is 8.78 Å². The molecule has 4 saturated heterocycles. The van der Waals surface area contributed by atoms with Gasteiger partial charge in [0.25, 0.3) is 0 Å². The van der Waals surface area contributed by atoms with Crippen molar-refractivity contribution >= 4 is 27.5 Å². The highest BCUT2D eigenvalue weighted by Gasteiger charge is 2.51. The number of benzene rings is 2. The molecule has 0 spiro atoms. The van der Waals surface area contributed by atoms with Crippen LogP contribution in [0, 0.1) is 24.0 Å². The molecular formula is C36H36F2N6O2. The summed E-state index contributed by atoms with van der Waals surface area (Å²) in [6.45, 7) is 7.59. The summed E-state index contributed by atoms with van der Waals surface area (Å²) < 4.78 is 43.6. The highest BCUT2D eigenvalue weighted by atomic mass is 19.1. The monoisotopic (exact) mass is 622 g/mol. The zero-order valence-corrected chi connectivity index (χ0v) is 25.9. The Labute approximate surface area is 266 Å². The van der Waals surface area contributed by atoms with Gasteiger partial charge in [0.05, 0.1) is 23.1 Å². The average molecular weight is 623 g/mol. The number of nitrogens with zero attached hydrogens (tertiary/aromatic N) is 5. The smallest absolute Gasteiger partial charge is 0.319 e. The van der Waals surface area contributed by atoms with Crippen LogP contribution in [0.15, 0.2) is 48.7 Å². The molecule has 4 fully saturated rings. The zero-order valence-electron chi connectivity index (χ0n) is 25.9. The van der Waals surface area contributed by atoms with E-state index in [4.69, 9.17) is 20.9 Å². The Morgan fingerprint density at radius 1 is 1.13 bits per heavy atom. The van der Waals surface area contributed by atoms with Gasteiger partial charge < -0.3 is 19.7 Å². The van der Waals surface area contributed by atoms with Crippen LogP contribution in [0.5, 0.6) is 6.01 Å². The van der Waals surface area contributed by atoms with E-state index in [1.54, 1.807) is 31.5 Å². The minimum atomic E-state index is -0.626. The second kappa shape index (κ2) is 11.3. The molecule has 4 atom stereocenters. The number of methoxy groups -OCH3 is 1. The van der Waals surface area contributed by atoms with E-state index in [9.17, 15) is 4.39 Å². The van der Waals surface area contributed by atoms with Gasteiger partial charge in [0.15, 0.2) is 5.82 Å². The lowest BCUT2D eigenvalue weighted by atomic mass is 9.94. The van der Waals surface area contributed by atoms with Crippen molar-refractivity contribution in [3.63, 3.8) is 0 Å². The molecule has 4 aliphatic rings. The number of nitrogens with one attached hydrogen (secondary N) is 1. The number of hydrogen-bond donors (Lipinski definition) is 1. The van der Waals surface area contributed by atoms with Crippen LogP contribution >= 0.6 is 0 Å². The number of fused-ring (bicyclic) bond motifs is 5. The molecule has 2 aromatic heterocycles. The molecule has 8 rings (SSSR count). The molecule has 0 radical (unpaired) electrons. The molecule has 2 bridgehead atoms. The van der Waals surface area contributed by atoms with Crippen LogP contribution in [0.4, 0.5) is 14.6 Å². The normalized spacial score (nSPS) is 25.8. The molecule has 46 heavy (non-hydrogen) atoms. The Hall–Kier alpha value is -4.17. The third-order valence-corrected chi connectivity index (χ3v) is 10.3. The van der Waals surface area contributed by atoms with Crippen LogP contribution in [0.3, 0.4) is 0 Å². The number of anilines is 1. The van der Waals surface area contributed by atoms with E-state index < -0.39 is 11.6 Å². The number of pyridine rings is 1. The van der Waals surface area contributed by atoms with E-state index in [0.29, 0.717) is 58.9 Å². The Morgan fingerprint density at radius 2 is 1.96 bits per heavy atom. The molecule has 10 heteroatoms. The first-order valence-corrected chi connectivity index (χ1v) is 16.0. The van der Waals surface area contributed by atoms with Crippen LogP contribution < -0.4 is 15.0 Å².